The number of amides is 1. The summed E-state index contributed by atoms with van der Waals surface area (Å²) in [7, 11) is 0. The van der Waals surface area contributed by atoms with E-state index in [0.29, 0.717) is 23.1 Å². The van der Waals surface area contributed by atoms with Gasteiger partial charge in [0, 0.05) is 42.7 Å². The van der Waals surface area contributed by atoms with Crippen LogP contribution >= 0.6 is 23.7 Å². The van der Waals surface area contributed by atoms with Crippen molar-refractivity contribution in [3.05, 3.63) is 81.8 Å². The average molecular weight is 445 g/mol. The Morgan fingerprint density at radius 1 is 1.07 bits per heavy atom. The third-order valence-corrected chi connectivity index (χ3v) is 6.66. The molecule has 7 heteroatoms. The molecule has 3 heterocycles. The zero-order valence-corrected chi connectivity index (χ0v) is 17.9. The molecule has 1 aromatic heterocycles. The molecule has 2 aliphatic rings. The summed E-state index contributed by atoms with van der Waals surface area (Å²) in [6, 6.07) is 15.7. The maximum absolute atomic E-state index is 13.0. The molecule has 0 spiro atoms. The van der Waals surface area contributed by atoms with Crippen LogP contribution in [0.5, 0.6) is 11.5 Å². The maximum Gasteiger partial charge on any atom is 0.254 e. The van der Waals surface area contributed by atoms with Gasteiger partial charge in [-0.2, -0.15) is 0 Å². The highest BCUT2D eigenvalue weighted by Crippen LogP contribution is 2.29. The van der Waals surface area contributed by atoms with Gasteiger partial charge in [-0.15, -0.1) is 23.7 Å². The molecule has 2 aromatic carbocycles. The molecular weight excluding hydrogens is 423 g/mol. The molecule has 0 radical (unpaired) electrons. The summed E-state index contributed by atoms with van der Waals surface area (Å²) in [4.78, 5) is 18.8. The number of nitrogens with zero attached hydrogens (tertiary/aromatic N) is 2. The summed E-state index contributed by atoms with van der Waals surface area (Å²) in [6.07, 6.45) is 1.11. The second kappa shape index (κ2) is 8.76. The lowest BCUT2D eigenvalue weighted by atomic mass is 10.0. The van der Waals surface area contributed by atoms with Crippen molar-refractivity contribution < 1.29 is 13.9 Å². The third-order valence-electron chi connectivity index (χ3n) is 5.63. The van der Waals surface area contributed by atoms with Gasteiger partial charge >= 0.3 is 0 Å². The minimum absolute atomic E-state index is 0. The number of ether oxygens (including phenoxy) is 1. The molecule has 1 fully saturated rings. The van der Waals surface area contributed by atoms with Crippen LogP contribution in [-0.4, -0.2) is 41.4 Å². The number of hydrogen-bond donors (Lipinski definition) is 0. The quantitative estimate of drug-likeness (QED) is 0.568. The Balaban J connectivity index is 0.00000218. The lowest BCUT2D eigenvalue weighted by molar-refractivity contribution is 0.0220. The Morgan fingerprint density at radius 2 is 1.87 bits per heavy atom. The molecule has 0 atom stereocenters. The van der Waals surface area contributed by atoms with E-state index in [0.717, 1.165) is 32.6 Å². The molecule has 0 aliphatic carbocycles. The molecule has 0 saturated carbocycles. The summed E-state index contributed by atoms with van der Waals surface area (Å²) in [5, 5.41) is 2.17. The molecule has 30 heavy (non-hydrogen) atoms. The van der Waals surface area contributed by atoms with Gasteiger partial charge in [0.05, 0.1) is 0 Å². The number of thiophene rings is 1. The first-order valence-electron chi connectivity index (χ1n) is 9.78. The highest BCUT2D eigenvalue weighted by molar-refractivity contribution is 7.10. The Bertz CT molecular complexity index is 1030. The predicted octanol–water partition coefficient (Wildman–Crippen LogP) is 4.98. The van der Waals surface area contributed by atoms with Crippen LogP contribution < -0.4 is 4.74 Å². The van der Waals surface area contributed by atoms with Gasteiger partial charge in [-0.25, -0.2) is 4.39 Å². The second-order valence-electron chi connectivity index (χ2n) is 7.54. The third kappa shape index (κ3) is 4.21. The molecule has 1 amide bonds. The van der Waals surface area contributed by atoms with E-state index in [1.165, 1.54) is 22.6 Å². The number of carbonyl (C=O) groups excluding carboxylic acids is 1. The molecular formula is C23H22ClFN2O2S. The van der Waals surface area contributed by atoms with E-state index in [4.69, 9.17) is 4.74 Å². The Labute approximate surface area is 185 Å². The average Bonchev–Trinajstić information content (AvgIpc) is 3.17. The molecule has 0 N–H and O–H groups in total. The van der Waals surface area contributed by atoms with Crippen LogP contribution in [0.25, 0.3) is 0 Å². The largest absolute Gasteiger partial charge is 0.457 e. The van der Waals surface area contributed by atoms with Crippen LogP contribution in [0, 0.1) is 5.82 Å². The minimum atomic E-state index is -0.308. The summed E-state index contributed by atoms with van der Waals surface area (Å²) in [6.45, 7) is 3.59. The van der Waals surface area contributed by atoms with Crippen molar-refractivity contribution in [1.29, 1.82) is 0 Å². The number of rotatable bonds is 4. The number of fused-ring (bicyclic) bond motifs is 1. The number of hydrogen-bond acceptors (Lipinski definition) is 4. The fourth-order valence-electron chi connectivity index (χ4n) is 3.95. The Morgan fingerprint density at radius 3 is 2.67 bits per heavy atom. The zero-order valence-electron chi connectivity index (χ0n) is 16.3. The van der Waals surface area contributed by atoms with Crippen molar-refractivity contribution >= 4 is 29.7 Å². The van der Waals surface area contributed by atoms with Gasteiger partial charge in [-0.05, 0) is 65.9 Å². The standard InChI is InChI=1S/C23H21FN2O2S.ClH/c24-18-4-6-20(7-5-18)28-21-3-1-2-16(12-21)23(27)26-14-19(15-26)25-10-8-22-17(13-25)9-11-29-22;/h1-7,9,11-12,19H,8,10,13-15H2;1H. The lowest BCUT2D eigenvalue weighted by Gasteiger charge is -2.46. The fourth-order valence-corrected chi connectivity index (χ4v) is 4.84. The van der Waals surface area contributed by atoms with E-state index in [1.807, 2.05) is 28.4 Å². The molecule has 1 saturated heterocycles. The van der Waals surface area contributed by atoms with E-state index in [-0.39, 0.29) is 24.1 Å². The van der Waals surface area contributed by atoms with Gasteiger partial charge in [0.1, 0.15) is 17.3 Å². The Hall–Kier alpha value is -2.41. The van der Waals surface area contributed by atoms with E-state index in [2.05, 4.69) is 16.3 Å². The molecule has 3 aromatic rings. The predicted molar refractivity (Wildman–Crippen MR) is 118 cm³/mol. The van der Waals surface area contributed by atoms with E-state index < -0.39 is 0 Å². The van der Waals surface area contributed by atoms with Crippen LogP contribution in [0.3, 0.4) is 0 Å². The Kier molecular flexibility index (Phi) is 6.09. The maximum atomic E-state index is 13.0. The van der Waals surface area contributed by atoms with Crippen molar-refractivity contribution in [3.8, 4) is 11.5 Å². The van der Waals surface area contributed by atoms with Crippen LogP contribution in [0.1, 0.15) is 20.8 Å². The minimum Gasteiger partial charge on any atom is -0.457 e. The van der Waals surface area contributed by atoms with Gasteiger partial charge in [0.25, 0.3) is 5.91 Å². The first-order chi connectivity index (χ1) is 14.2. The highest BCUT2D eigenvalue weighted by atomic mass is 35.5. The van der Waals surface area contributed by atoms with Crippen molar-refractivity contribution in [2.45, 2.75) is 19.0 Å². The summed E-state index contributed by atoms with van der Waals surface area (Å²) < 4.78 is 18.8. The van der Waals surface area contributed by atoms with Crippen LogP contribution in [-0.2, 0) is 13.0 Å². The molecule has 5 rings (SSSR count). The van der Waals surface area contributed by atoms with Crippen molar-refractivity contribution in [2.75, 3.05) is 19.6 Å². The first kappa shape index (κ1) is 20.8. The number of benzene rings is 2. The number of likely N-dealkylation sites (tertiary alicyclic amines) is 1. The molecule has 2 aliphatic heterocycles. The first-order valence-corrected chi connectivity index (χ1v) is 10.7. The SMILES string of the molecule is Cl.O=C(c1cccc(Oc2ccc(F)cc2)c1)N1CC(N2CCc3sccc3C2)C1. The van der Waals surface area contributed by atoms with Crippen LogP contribution in [0.2, 0.25) is 0 Å². The second-order valence-corrected chi connectivity index (χ2v) is 8.54. The summed E-state index contributed by atoms with van der Waals surface area (Å²) in [5.41, 5.74) is 2.05. The van der Waals surface area contributed by atoms with Gasteiger partial charge in [-0.3, -0.25) is 9.69 Å². The van der Waals surface area contributed by atoms with Gasteiger partial charge < -0.3 is 9.64 Å². The van der Waals surface area contributed by atoms with Crippen molar-refractivity contribution in [2.24, 2.45) is 0 Å². The summed E-state index contributed by atoms with van der Waals surface area (Å²) in [5.74, 6) is 0.829. The monoisotopic (exact) mass is 444 g/mol. The van der Waals surface area contributed by atoms with Crippen LogP contribution in [0.4, 0.5) is 4.39 Å². The zero-order chi connectivity index (χ0) is 19.8. The smallest absolute Gasteiger partial charge is 0.254 e. The lowest BCUT2D eigenvalue weighted by Crippen LogP contribution is -2.61. The van der Waals surface area contributed by atoms with E-state index >= 15 is 0 Å². The van der Waals surface area contributed by atoms with E-state index in [1.54, 1.807) is 24.3 Å². The summed E-state index contributed by atoms with van der Waals surface area (Å²) >= 11 is 1.85. The van der Waals surface area contributed by atoms with Gasteiger partial charge in [0.2, 0.25) is 0 Å². The molecule has 0 bridgehead atoms. The molecule has 156 valence electrons. The normalized spacial score (nSPS) is 16.4. The molecule has 4 nitrogen and oxygen atoms in total. The highest BCUT2D eigenvalue weighted by Gasteiger charge is 2.36. The van der Waals surface area contributed by atoms with E-state index in [9.17, 15) is 9.18 Å². The van der Waals surface area contributed by atoms with Gasteiger partial charge in [-0.1, -0.05) is 6.07 Å². The number of carbonyl (C=O) groups is 1. The van der Waals surface area contributed by atoms with Gasteiger partial charge in [0.15, 0.2) is 0 Å². The fraction of sp³-hybridized carbons (Fsp3) is 0.261. The molecule has 0 unspecified atom stereocenters. The van der Waals surface area contributed by atoms with Crippen molar-refractivity contribution in [3.63, 3.8) is 0 Å². The van der Waals surface area contributed by atoms with Crippen LogP contribution in [0.15, 0.2) is 60.0 Å². The number of halogens is 2. The topological polar surface area (TPSA) is 32.8 Å². The van der Waals surface area contributed by atoms with Crippen molar-refractivity contribution in [1.82, 2.24) is 9.80 Å².